The lowest BCUT2D eigenvalue weighted by Crippen LogP contribution is -2.50. The number of amides is 1. The maximum atomic E-state index is 14.0. The fourth-order valence-corrected chi connectivity index (χ4v) is 6.18. The van der Waals surface area contributed by atoms with Gasteiger partial charge in [0.15, 0.2) is 5.96 Å². The number of aromatic nitrogens is 1. The van der Waals surface area contributed by atoms with E-state index < -0.39 is 17.7 Å². The first kappa shape index (κ1) is 25.9. The monoisotopic (exact) mass is 600 g/mol. The minimum absolute atomic E-state index is 0.126. The number of hydrogen-bond donors (Lipinski definition) is 2. The second-order valence-electron chi connectivity index (χ2n) is 9.82. The van der Waals surface area contributed by atoms with Crippen molar-refractivity contribution in [3.63, 3.8) is 0 Å². The van der Waals surface area contributed by atoms with E-state index in [1.165, 1.54) is 11.1 Å². The number of benzene rings is 1. The molecular formula is C25H28F3IN4O2. The van der Waals surface area contributed by atoms with E-state index in [1.807, 2.05) is 49.0 Å². The molecule has 1 spiro atoms. The van der Waals surface area contributed by atoms with Crippen molar-refractivity contribution in [3.05, 3.63) is 53.3 Å². The van der Waals surface area contributed by atoms with Gasteiger partial charge in [0.25, 0.3) is 0 Å². The molecule has 0 saturated heterocycles. The van der Waals surface area contributed by atoms with Gasteiger partial charge < -0.3 is 8.80 Å². The molecule has 1 heterocycles. The number of carbonyl (C=O) groups is 1. The molecule has 0 bridgehead atoms. The first-order valence-corrected chi connectivity index (χ1v) is 12.4. The van der Waals surface area contributed by atoms with Crippen LogP contribution in [0.2, 0.25) is 0 Å². The van der Waals surface area contributed by atoms with Crippen LogP contribution in [-0.2, 0) is 20.5 Å². The summed E-state index contributed by atoms with van der Waals surface area (Å²) in [4.78, 5) is 19.1. The lowest BCUT2D eigenvalue weighted by Gasteiger charge is -2.42. The Labute approximate surface area is 216 Å². The maximum Gasteiger partial charge on any atom is 0.417 e. The highest BCUT2D eigenvalue weighted by Gasteiger charge is 2.52. The van der Waals surface area contributed by atoms with Crippen LogP contribution < -0.4 is 5.73 Å². The lowest BCUT2D eigenvalue weighted by molar-refractivity contribution is -0.138. The molecule has 0 radical (unpaired) electrons. The highest BCUT2D eigenvalue weighted by Crippen LogP contribution is 2.57. The average Bonchev–Trinajstić information content (AvgIpc) is 3.11. The van der Waals surface area contributed by atoms with E-state index in [0.29, 0.717) is 17.5 Å². The average molecular weight is 600 g/mol. The molecule has 188 valence electrons. The number of nitrogens with zero attached hydrogens (tertiary/aromatic N) is 2. The smallest absolute Gasteiger partial charge is 0.370 e. The van der Waals surface area contributed by atoms with E-state index in [2.05, 4.69) is 4.98 Å². The third-order valence-corrected chi connectivity index (χ3v) is 8.04. The normalized spacial score (nSPS) is 24.0. The van der Waals surface area contributed by atoms with Gasteiger partial charge in [-0.3, -0.25) is 20.1 Å². The first-order chi connectivity index (χ1) is 16.5. The number of nitrogens with two attached hydrogens (primary N) is 1. The van der Waals surface area contributed by atoms with Crippen molar-refractivity contribution in [2.75, 3.05) is 0 Å². The van der Waals surface area contributed by atoms with Crippen molar-refractivity contribution < 1.29 is 21.0 Å². The Hall–Kier alpha value is -2.21. The minimum atomic E-state index is -4.50. The molecule has 2 aliphatic rings. The van der Waals surface area contributed by atoms with Crippen molar-refractivity contribution in [3.8, 4) is 11.1 Å². The van der Waals surface area contributed by atoms with Gasteiger partial charge in [-0.1, -0.05) is 18.2 Å². The van der Waals surface area contributed by atoms with Crippen molar-refractivity contribution >= 4 is 34.9 Å². The lowest BCUT2D eigenvalue weighted by atomic mass is 9.65. The van der Waals surface area contributed by atoms with Gasteiger partial charge in [0.05, 0.1) is 17.6 Å². The predicted molar refractivity (Wildman–Crippen MR) is 135 cm³/mol. The van der Waals surface area contributed by atoms with E-state index in [-0.39, 0.29) is 29.4 Å². The predicted octanol–water partition coefficient (Wildman–Crippen LogP) is 5.83. The van der Waals surface area contributed by atoms with Crippen molar-refractivity contribution in [1.29, 1.82) is 5.41 Å². The number of rotatable bonds is 4. The molecule has 1 saturated carbocycles. The van der Waals surface area contributed by atoms with E-state index >= 15 is 0 Å². The Morgan fingerprint density at radius 3 is 2.49 bits per heavy atom. The summed E-state index contributed by atoms with van der Waals surface area (Å²) in [5.41, 5.74) is 7.36. The number of guanidine groups is 1. The van der Waals surface area contributed by atoms with Crippen LogP contribution in [0.25, 0.3) is 11.1 Å². The maximum absolute atomic E-state index is 14.0. The van der Waals surface area contributed by atoms with E-state index in [9.17, 15) is 18.0 Å². The SMILES string of the molecule is CC(C)N(C(=N)N)C(=O)C1c2cc(-c3cncc(C(F)(F)F)c3)ccc2CC12CCC(OI)CC2. The van der Waals surface area contributed by atoms with Crippen LogP contribution in [0.5, 0.6) is 0 Å². The Morgan fingerprint density at radius 2 is 1.91 bits per heavy atom. The Morgan fingerprint density at radius 1 is 1.23 bits per heavy atom. The second kappa shape index (κ2) is 9.68. The summed E-state index contributed by atoms with van der Waals surface area (Å²) in [6.07, 6.45) is 1.70. The summed E-state index contributed by atoms with van der Waals surface area (Å²) in [6.45, 7) is 3.63. The van der Waals surface area contributed by atoms with Crippen LogP contribution in [0.15, 0.2) is 36.7 Å². The summed E-state index contributed by atoms with van der Waals surface area (Å²) in [7, 11) is 0. The summed E-state index contributed by atoms with van der Waals surface area (Å²) >= 11 is 1.92. The van der Waals surface area contributed by atoms with Crippen molar-refractivity contribution in [1.82, 2.24) is 9.88 Å². The van der Waals surface area contributed by atoms with E-state index in [0.717, 1.165) is 49.1 Å². The molecule has 3 N–H and O–H groups in total. The molecule has 1 aromatic carbocycles. The third kappa shape index (κ3) is 4.91. The number of pyridine rings is 1. The Kier molecular flexibility index (Phi) is 7.16. The molecule has 1 atom stereocenters. The van der Waals surface area contributed by atoms with Gasteiger partial charge >= 0.3 is 6.18 Å². The minimum Gasteiger partial charge on any atom is -0.370 e. The highest BCUT2D eigenvalue weighted by molar-refractivity contribution is 14.1. The molecule has 4 rings (SSSR count). The number of halogens is 4. The van der Waals surface area contributed by atoms with Crippen LogP contribution in [0.4, 0.5) is 13.2 Å². The van der Waals surface area contributed by atoms with Crippen LogP contribution in [0.1, 0.15) is 62.1 Å². The van der Waals surface area contributed by atoms with Gasteiger partial charge in [-0.2, -0.15) is 13.2 Å². The quantitative estimate of drug-likeness (QED) is 0.263. The summed E-state index contributed by atoms with van der Waals surface area (Å²) in [5.74, 6) is -1.09. The Bertz CT molecular complexity index is 1130. The van der Waals surface area contributed by atoms with Crippen molar-refractivity contribution in [2.24, 2.45) is 11.1 Å². The standard InChI is InChI=1S/C25H28F3IN4O2/c1-14(2)33(23(30)31)22(34)21-20-10-15(17-9-18(13-32-12-17)25(26,27)28)3-4-16(20)11-24(21)7-5-19(35-29)6-8-24/h3-4,9-10,12-14,19,21H,5-8,11H2,1-2H3,(H3,30,31). The molecule has 35 heavy (non-hydrogen) atoms. The molecule has 1 fully saturated rings. The first-order valence-electron chi connectivity index (χ1n) is 11.6. The van der Waals surface area contributed by atoms with Crippen LogP contribution >= 0.6 is 23.0 Å². The van der Waals surface area contributed by atoms with Gasteiger partial charge in [-0.15, -0.1) is 0 Å². The van der Waals surface area contributed by atoms with E-state index in [1.54, 1.807) is 6.07 Å². The van der Waals surface area contributed by atoms with Gasteiger partial charge in [0.1, 0.15) is 23.0 Å². The Balaban J connectivity index is 1.80. The molecular weight excluding hydrogens is 572 g/mol. The summed E-state index contributed by atoms with van der Waals surface area (Å²) in [6, 6.07) is 6.31. The second-order valence-corrected chi connectivity index (χ2v) is 10.3. The zero-order chi connectivity index (χ0) is 25.5. The van der Waals surface area contributed by atoms with Gasteiger partial charge in [-0.25, -0.2) is 0 Å². The van der Waals surface area contributed by atoms with Gasteiger partial charge in [0, 0.05) is 24.0 Å². The number of fused-ring (bicyclic) bond motifs is 1. The van der Waals surface area contributed by atoms with Crippen LogP contribution in [-0.4, -0.2) is 33.9 Å². The highest BCUT2D eigenvalue weighted by atomic mass is 127. The molecule has 1 unspecified atom stereocenters. The molecule has 0 aliphatic heterocycles. The topological polar surface area (TPSA) is 92.3 Å². The van der Waals surface area contributed by atoms with Crippen LogP contribution in [0, 0.1) is 10.8 Å². The number of alkyl halides is 3. The summed E-state index contributed by atoms with van der Waals surface area (Å²) in [5, 5.41) is 8.03. The van der Waals surface area contributed by atoms with Crippen molar-refractivity contribution in [2.45, 2.75) is 70.2 Å². The fourth-order valence-electron chi connectivity index (χ4n) is 5.67. The molecule has 1 aromatic heterocycles. The molecule has 1 amide bonds. The molecule has 6 nitrogen and oxygen atoms in total. The van der Waals surface area contributed by atoms with E-state index in [4.69, 9.17) is 14.2 Å². The molecule has 2 aromatic rings. The van der Waals surface area contributed by atoms with Gasteiger partial charge in [-0.05, 0) is 74.1 Å². The summed E-state index contributed by atoms with van der Waals surface area (Å²) < 4.78 is 45.4. The number of hydrogen-bond acceptors (Lipinski definition) is 4. The zero-order valence-corrected chi connectivity index (χ0v) is 21.7. The molecule has 2 aliphatic carbocycles. The largest absolute Gasteiger partial charge is 0.417 e. The number of nitrogens with one attached hydrogen (secondary N) is 1. The van der Waals surface area contributed by atoms with Crippen LogP contribution in [0.3, 0.4) is 0 Å². The van der Waals surface area contributed by atoms with Gasteiger partial charge in [0.2, 0.25) is 5.91 Å². The molecule has 10 heteroatoms. The fraction of sp³-hybridized carbons (Fsp3) is 0.480. The zero-order valence-electron chi connectivity index (χ0n) is 19.5. The number of carbonyl (C=O) groups excluding carboxylic acids is 1. The third-order valence-electron chi connectivity index (χ3n) is 7.33.